The molecular weight excluding hydrogens is 386 g/mol. The fraction of sp³-hybridized carbons (Fsp3) is 0.182. The molecule has 2 N–H and O–H groups in total. The van der Waals surface area contributed by atoms with Gasteiger partial charge in [0.05, 0.1) is 17.1 Å². The molecule has 0 fully saturated rings. The molecule has 6 heteroatoms. The normalized spacial score (nSPS) is 12.4. The van der Waals surface area contributed by atoms with E-state index in [-0.39, 0.29) is 5.91 Å². The van der Waals surface area contributed by atoms with E-state index in [0.29, 0.717) is 12.3 Å². The number of nitrogens with one attached hydrogen (secondary N) is 2. The summed E-state index contributed by atoms with van der Waals surface area (Å²) in [6.45, 7) is 0.680. The number of rotatable bonds is 7. The summed E-state index contributed by atoms with van der Waals surface area (Å²) in [6, 6.07) is 22.6. The number of hydrogen-bond donors (Lipinski definition) is 2. The van der Waals surface area contributed by atoms with Crippen molar-refractivity contribution in [2.75, 3.05) is 23.4 Å². The number of nitrogens with zero attached hydrogens (tertiary/aromatic N) is 1. The number of amidine groups is 1. The molecule has 0 unspecified atom stereocenters. The Morgan fingerprint density at radius 3 is 2.68 bits per heavy atom. The maximum Gasteiger partial charge on any atom is 0.230 e. The van der Waals surface area contributed by atoms with Crippen molar-refractivity contribution in [1.82, 2.24) is 5.32 Å². The maximum absolute atomic E-state index is 12.1. The van der Waals surface area contributed by atoms with Crippen LogP contribution >= 0.6 is 23.5 Å². The Labute approximate surface area is 173 Å². The van der Waals surface area contributed by atoms with Gasteiger partial charge >= 0.3 is 0 Å². The smallest absolute Gasteiger partial charge is 0.230 e. The lowest BCUT2D eigenvalue weighted by atomic mass is 10.1. The number of aliphatic imine (C=N–C) groups is 1. The first-order chi connectivity index (χ1) is 13.8. The molecule has 4 nitrogen and oxygen atoms in total. The van der Waals surface area contributed by atoms with Crippen molar-refractivity contribution in [2.24, 2.45) is 4.99 Å². The van der Waals surface area contributed by atoms with E-state index in [1.54, 1.807) is 0 Å². The van der Waals surface area contributed by atoms with E-state index < -0.39 is 0 Å². The van der Waals surface area contributed by atoms with E-state index in [1.165, 1.54) is 22.7 Å². The van der Waals surface area contributed by atoms with Gasteiger partial charge in [-0.1, -0.05) is 66.4 Å². The van der Waals surface area contributed by atoms with Gasteiger partial charge in [0.1, 0.15) is 0 Å². The largest absolute Gasteiger partial charge is 0.355 e. The van der Waals surface area contributed by atoms with E-state index in [4.69, 9.17) is 0 Å². The lowest BCUT2D eigenvalue weighted by Gasteiger charge is -2.18. The summed E-state index contributed by atoms with van der Waals surface area (Å²) in [5.41, 5.74) is 3.31. The van der Waals surface area contributed by atoms with Gasteiger partial charge in [0.15, 0.2) is 5.17 Å². The summed E-state index contributed by atoms with van der Waals surface area (Å²) < 4.78 is 0. The van der Waals surface area contributed by atoms with E-state index >= 15 is 0 Å². The third-order valence-electron chi connectivity index (χ3n) is 4.37. The van der Waals surface area contributed by atoms with Crippen LogP contribution in [0, 0.1) is 0 Å². The third kappa shape index (κ3) is 4.69. The van der Waals surface area contributed by atoms with Crippen LogP contribution in [-0.4, -0.2) is 29.1 Å². The van der Waals surface area contributed by atoms with E-state index in [1.807, 2.05) is 42.1 Å². The first-order valence-corrected chi connectivity index (χ1v) is 11.3. The summed E-state index contributed by atoms with van der Waals surface area (Å²) in [5, 5.41) is 9.39. The van der Waals surface area contributed by atoms with Crippen LogP contribution in [0.1, 0.15) is 5.56 Å². The minimum Gasteiger partial charge on any atom is -0.355 e. The molecule has 0 aromatic heterocycles. The van der Waals surface area contributed by atoms with E-state index in [0.717, 1.165) is 33.4 Å². The molecule has 0 bridgehead atoms. The zero-order valence-electron chi connectivity index (χ0n) is 15.4. The highest BCUT2D eigenvalue weighted by atomic mass is 32.2. The monoisotopic (exact) mass is 407 g/mol. The number of carbonyl (C=O) groups is 1. The van der Waals surface area contributed by atoms with Crippen LogP contribution in [0.4, 0.5) is 11.4 Å². The van der Waals surface area contributed by atoms with Crippen LogP contribution < -0.4 is 10.6 Å². The lowest BCUT2D eigenvalue weighted by Crippen LogP contribution is -2.28. The Hall–Kier alpha value is -2.44. The molecule has 4 rings (SSSR count). The molecule has 0 aliphatic carbocycles. The van der Waals surface area contributed by atoms with Gasteiger partial charge in [0, 0.05) is 23.4 Å². The highest BCUT2D eigenvalue weighted by Crippen LogP contribution is 2.36. The topological polar surface area (TPSA) is 53.5 Å². The van der Waals surface area contributed by atoms with Crippen molar-refractivity contribution in [3.63, 3.8) is 0 Å². The van der Waals surface area contributed by atoms with Crippen LogP contribution in [0.15, 0.2) is 71.7 Å². The first-order valence-electron chi connectivity index (χ1n) is 9.18. The van der Waals surface area contributed by atoms with Crippen molar-refractivity contribution >= 4 is 56.7 Å². The molecule has 1 heterocycles. The van der Waals surface area contributed by atoms with Crippen molar-refractivity contribution in [3.05, 3.63) is 72.3 Å². The molecule has 0 atom stereocenters. The van der Waals surface area contributed by atoms with Gasteiger partial charge in [0.2, 0.25) is 5.91 Å². The van der Waals surface area contributed by atoms with Gasteiger partial charge in [-0.25, -0.2) is 4.99 Å². The molecule has 0 spiro atoms. The molecule has 1 aliphatic heterocycles. The predicted octanol–water partition coefficient (Wildman–Crippen LogP) is 5.04. The van der Waals surface area contributed by atoms with Crippen LogP contribution in [0.2, 0.25) is 0 Å². The van der Waals surface area contributed by atoms with Crippen molar-refractivity contribution in [3.8, 4) is 0 Å². The second kappa shape index (κ2) is 9.17. The van der Waals surface area contributed by atoms with Gasteiger partial charge in [0.25, 0.3) is 0 Å². The minimum absolute atomic E-state index is 0.0341. The van der Waals surface area contributed by atoms with Crippen molar-refractivity contribution in [2.45, 2.75) is 5.75 Å². The molecular formula is C22H21N3OS2. The van der Waals surface area contributed by atoms with Gasteiger partial charge in [-0.05, 0) is 23.1 Å². The second-order valence-corrected chi connectivity index (χ2v) is 8.47. The number of carbonyl (C=O) groups excluding carboxylic acids is 1. The Morgan fingerprint density at radius 2 is 1.82 bits per heavy atom. The van der Waals surface area contributed by atoms with Gasteiger partial charge in [-0.2, -0.15) is 11.8 Å². The standard InChI is InChI=1S/C22H21N3OS2/c26-20(23-12-13-27-14-16-6-2-1-3-7-16)15-28-22-24-18-10-4-8-17-9-5-11-19(25-22)21(17)18/h1-11H,12-15H2,(H,23,26)(H,24,25). The summed E-state index contributed by atoms with van der Waals surface area (Å²) in [4.78, 5) is 16.8. The van der Waals surface area contributed by atoms with Crippen LogP contribution in [0.25, 0.3) is 10.8 Å². The number of thioether (sulfide) groups is 2. The van der Waals surface area contributed by atoms with E-state index in [2.05, 4.69) is 52.0 Å². The molecule has 0 saturated carbocycles. The van der Waals surface area contributed by atoms with Crippen LogP contribution in [-0.2, 0) is 10.5 Å². The van der Waals surface area contributed by atoms with Crippen molar-refractivity contribution in [1.29, 1.82) is 0 Å². The molecule has 1 aliphatic rings. The Kier molecular flexibility index (Phi) is 6.19. The fourth-order valence-electron chi connectivity index (χ4n) is 3.05. The summed E-state index contributed by atoms with van der Waals surface area (Å²) in [6.07, 6.45) is 0. The molecule has 142 valence electrons. The number of benzene rings is 3. The summed E-state index contributed by atoms with van der Waals surface area (Å²) in [5.74, 6) is 2.26. The zero-order valence-corrected chi connectivity index (χ0v) is 17.0. The lowest BCUT2D eigenvalue weighted by molar-refractivity contribution is -0.118. The fourth-order valence-corrected chi connectivity index (χ4v) is 4.59. The minimum atomic E-state index is 0.0341. The number of hydrogen-bond acceptors (Lipinski definition) is 5. The quantitative estimate of drug-likeness (QED) is 0.539. The Morgan fingerprint density at radius 1 is 1.00 bits per heavy atom. The SMILES string of the molecule is O=C(CSC1=Nc2cccc3cccc(c23)N1)NCCSCc1ccccc1. The molecule has 0 saturated heterocycles. The third-order valence-corrected chi connectivity index (χ3v) is 6.27. The number of anilines is 1. The second-order valence-electron chi connectivity index (χ2n) is 6.40. The van der Waals surface area contributed by atoms with Crippen LogP contribution in [0.3, 0.4) is 0 Å². The molecule has 3 aromatic carbocycles. The highest BCUT2D eigenvalue weighted by molar-refractivity contribution is 8.14. The maximum atomic E-state index is 12.1. The summed E-state index contributed by atoms with van der Waals surface area (Å²) >= 11 is 3.26. The van der Waals surface area contributed by atoms with Gasteiger partial charge < -0.3 is 10.6 Å². The number of amides is 1. The average molecular weight is 408 g/mol. The summed E-state index contributed by atoms with van der Waals surface area (Å²) in [7, 11) is 0. The van der Waals surface area contributed by atoms with Crippen molar-refractivity contribution < 1.29 is 4.79 Å². The Bertz CT molecular complexity index is 1000. The predicted molar refractivity (Wildman–Crippen MR) is 123 cm³/mol. The zero-order chi connectivity index (χ0) is 19.2. The molecule has 3 aromatic rings. The van der Waals surface area contributed by atoms with E-state index in [9.17, 15) is 4.79 Å². The first kappa shape index (κ1) is 18.9. The van der Waals surface area contributed by atoms with Gasteiger partial charge in [-0.3, -0.25) is 4.79 Å². The van der Waals surface area contributed by atoms with Crippen LogP contribution in [0.5, 0.6) is 0 Å². The average Bonchev–Trinajstić information content (AvgIpc) is 2.73. The highest BCUT2D eigenvalue weighted by Gasteiger charge is 2.15. The molecule has 0 radical (unpaired) electrons. The molecule has 1 amide bonds. The Balaban J connectivity index is 1.22. The molecule has 28 heavy (non-hydrogen) atoms. The van der Waals surface area contributed by atoms with Gasteiger partial charge in [-0.15, -0.1) is 0 Å².